The van der Waals surface area contributed by atoms with E-state index in [1.165, 1.54) is 30.7 Å². The van der Waals surface area contributed by atoms with E-state index in [9.17, 15) is 4.39 Å². The van der Waals surface area contributed by atoms with Crippen molar-refractivity contribution >= 4 is 23.0 Å². The van der Waals surface area contributed by atoms with Crippen LogP contribution >= 0.6 is 11.8 Å². The zero-order chi connectivity index (χ0) is 22.9. The molecule has 33 heavy (non-hydrogen) atoms. The fraction of sp³-hybridized carbons (Fsp3) is 0.375. The normalized spacial score (nSPS) is 18.8. The van der Waals surface area contributed by atoms with E-state index >= 15 is 0 Å². The van der Waals surface area contributed by atoms with Crippen molar-refractivity contribution in [2.24, 2.45) is 0 Å². The van der Waals surface area contributed by atoms with E-state index < -0.39 is 0 Å². The van der Waals surface area contributed by atoms with Crippen molar-refractivity contribution in [1.82, 2.24) is 29.7 Å². The number of aromatic nitrogens is 5. The van der Waals surface area contributed by atoms with Gasteiger partial charge in [-0.1, -0.05) is 18.7 Å². The molecule has 5 rings (SSSR count). The lowest BCUT2D eigenvalue weighted by atomic mass is 9.91. The van der Waals surface area contributed by atoms with Crippen LogP contribution in [0.3, 0.4) is 0 Å². The highest BCUT2D eigenvalue weighted by atomic mass is 32.2. The third-order valence-electron chi connectivity index (χ3n) is 6.43. The first-order valence-corrected chi connectivity index (χ1v) is 12.2. The Balaban J connectivity index is 1.49. The summed E-state index contributed by atoms with van der Waals surface area (Å²) in [5.41, 5.74) is 10.6. The standard InChI is InChI=1S/C24H28FN7S/c1-3-27-17-6-8-18(9-7-17)32-15(2)19(12-30-32)16-11-22(23-21(26)13-29-31(23)14-16)33-24-20(25)5-4-10-28-24/h4-5,10-14,17-18,27H,3,6-9,26H2,1-2H3. The zero-order valence-corrected chi connectivity index (χ0v) is 19.6. The van der Waals surface area contributed by atoms with Crippen LogP contribution in [-0.2, 0) is 0 Å². The Bertz CT molecular complexity index is 1270. The number of anilines is 1. The SMILES string of the molecule is CCNC1CCC(n2ncc(-c3cc(Sc4ncccc4F)c4c(N)cnn4c3)c2C)CC1. The lowest BCUT2D eigenvalue weighted by Crippen LogP contribution is -2.33. The molecule has 0 bridgehead atoms. The van der Waals surface area contributed by atoms with E-state index in [1.807, 2.05) is 18.5 Å². The van der Waals surface area contributed by atoms with Crippen LogP contribution in [0.5, 0.6) is 0 Å². The van der Waals surface area contributed by atoms with Crippen molar-refractivity contribution in [1.29, 1.82) is 0 Å². The second-order valence-electron chi connectivity index (χ2n) is 8.53. The molecule has 0 atom stereocenters. The van der Waals surface area contributed by atoms with Crippen molar-refractivity contribution in [3.05, 3.63) is 54.5 Å². The predicted molar refractivity (Wildman–Crippen MR) is 129 cm³/mol. The Hall–Kier alpha value is -2.91. The first-order valence-electron chi connectivity index (χ1n) is 11.4. The number of hydrogen-bond acceptors (Lipinski definition) is 6. The summed E-state index contributed by atoms with van der Waals surface area (Å²) in [5, 5.41) is 13.0. The Morgan fingerprint density at radius 3 is 2.79 bits per heavy atom. The van der Waals surface area contributed by atoms with Crippen LogP contribution in [0.15, 0.2) is 52.9 Å². The molecule has 4 aromatic rings. The number of pyridine rings is 2. The maximum absolute atomic E-state index is 14.3. The number of halogens is 1. The minimum atomic E-state index is -0.360. The van der Waals surface area contributed by atoms with Crippen molar-refractivity contribution in [3.63, 3.8) is 0 Å². The van der Waals surface area contributed by atoms with Gasteiger partial charge < -0.3 is 11.1 Å². The first-order chi connectivity index (χ1) is 16.0. The summed E-state index contributed by atoms with van der Waals surface area (Å²) in [4.78, 5) is 5.00. The summed E-state index contributed by atoms with van der Waals surface area (Å²) in [6.45, 7) is 5.30. The van der Waals surface area contributed by atoms with E-state index in [1.54, 1.807) is 23.0 Å². The second kappa shape index (κ2) is 9.15. The van der Waals surface area contributed by atoms with Gasteiger partial charge in [-0.2, -0.15) is 10.2 Å². The van der Waals surface area contributed by atoms with Gasteiger partial charge in [0, 0.05) is 40.2 Å². The molecule has 1 aliphatic carbocycles. The number of nitrogens with two attached hydrogens (primary N) is 1. The highest BCUT2D eigenvalue weighted by Crippen LogP contribution is 2.38. The molecular weight excluding hydrogens is 437 g/mol. The Morgan fingerprint density at radius 2 is 2.03 bits per heavy atom. The molecule has 0 aromatic carbocycles. The molecule has 0 spiro atoms. The summed E-state index contributed by atoms with van der Waals surface area (Å²) in [7, 11) is 0. The summed E-state index contributed by atoms with van der Waals surface area (Å²) < 4.78 is 18.2. The average Bonchev–Trinajstić information content (AvgIpc) is 3.39. The number of hydrogen-bond donors (Lipinski definition) is 2. The van der Waals surface area contributed by atoms with Crippen molar-refractivity contribution in [3.8, 4) is 11.1 Å². The van der Waals surface area contributed by atoms with Crippen LogP contribution < -0.4 is 11.1 Å². The summed E-state index contributed by atoms with van der Waals surface area (Å²) >= 11 is 1.26. The van der Waals surface area contributed by atoms with Gasteiger partial charge in [-0.05, 0) is 57.4 Å². The van der Waals surface area contributed by atoms with Gasteiger partial charge in [0.1, 0.15) is 10.5 Å². The minimum absolute atomic E-state index is 0.307. The van der Waals surface area contributed by atoms with Gasteiger partial charge in [-0.15, -0.1) is 0 Å². The van der Waals surface area contributed by atoms with Crippen LogP contribution in [0.1, 0.15) is 44.3 Å². The largest absolute Gasteiger partial charge is 0.396 e. The van der Waals surface area contributed by atoms with E-state index in [-0.39, 0.29) is 5.82 Å². The molecule has 172 valence electrons. The smallest absolute Gasteiger partial charge is 0.155 e. The van der Waals surface area contributed by atoms with E-state index in [0.717, 1.165) is 46.6 Å². The van der Waals surface area contributed by atoms with Crippen LogP contribution in [0, 0.1) is 12.7 Å². The van der Waals surface area contributed by atoms with Gasteiger partial charge in [-0.25, -0.2) is 13.9 Å². The van der Waals surface area contributed by atoms with Gasteiger partial charge in [-0.3, -0.25) is 4.68 Å². The lowest BCUT2D eigenvalue weighted by Gasteiger charge is -2.30. The molecule has 7 nitrogen and oxygen atoms in total. The third-order valence-corrected chi connectivity index (χ3v) is 7.45. The van der Waals surface area contributed by atoms with Crippen LogP contribution in [0.25, 0.3) is 16.6 Å². The quantitative estimate of drug-likeness (QED) is 0.423. The highest BCUT2D eigenvalue weighted by molar-refractivity contribution is 7.99. The minimum Gasteiger partial charge on any atom is -0.396 e. The first kappa shape index (κ1) is 21.9. The second-order valence-corrected chi connectivity index (χ2v) is 9.56. The van der Waals surface area contributed by atoms with Crippen molar-refractivity contribution in [2.45, 2.75) is 61.5 Å². The molecule has 0 amide bonds. The number of nitrogens with zero attached hydrogens (tertiary/aromatic N) is 5. The van der Waals surface area contributed by atoms with E-state index in [2.05, 4.69) is 33.9 Å². The van der Waals surface area contributed by atoms with Gasteiger partial charge in [0.25, 0.3) is 0 Å². The lowest BCUT2D eigenvalue weighted by molar-refractivity contribution is 0.276. The Kier molecular flexibility index (Phi) is 6.07. The molecule has 0 radical (unpaired) electrons. The molecule has 9 heteroatoms. The Morgan fingerprint density at radius 1 is 1.21 bits per heavy atom. The zero-order valence-electron chi connectivity index (χ0n) is 18.8. The van der Waals surface area contributed by atoms with Gasteiger partial charge in [0.2, 0.25) is 0 Å². The summed E-state index contributed by atoms with van der Waals surface area (Å²) in [5.74, 6) is -0.360. The molecule has 0 unspecified atom stereocenters. The molecule has 1 saturated carbocycles. The molecule has 1 aliphatic rings. The number of fused-ring (bicyclic) bond motifs is 1. The average molecular weight is 466 g/mol. The molecule has 0 aliphatic heterocycles. The van der Waals surface area contributed by atoms with Gasteiger partial charge in [0.05, 0.1) is 24.1 Å². The predicted octanol–water partition coefficient (Wildman–Crippen LogP) is 4.87. The number of nitrogen functional groups attached to an aromatic ring is 1. The molecule has 4 aromatic heterocycles. The maximum Gasteiger partial charge on any atom is 0.155 e. The highest BCUT2D eigenvalue weighted by Gasteiger charge is 2.24. The topological polar surface area (TPSA) is 86.1 Å². The van der Waals surface area contributed by atoms with Crippen LogP contribution in [-0.4, -0.2) is 37.0 Å². The fourth-order valence-corrected chi connectivity index (χ4v) is 5.75. The summed E-state index contributed by atoms with van der Waals surface area (Å²) in [6, 6.07) is 6.05. The summed E-state index contributed by atoms with van der Waals surface area (Å²) in [6.07, 6.45) is 11.7. The van der Waals surface area contributed by atoms with E-state index in [0.29, 0.717) is 22.8 Å². The molecular formula is C24H28FN7S. The molecule has 1 fully saturated rings. The monoisotopic (exact) mass is 465 g/mol. The van der Waals surface area contributed by atoms with Crippen LogP contribution in [0.4, 0.5) is 10.1 Å². The Labute approximate surface area is 196 Å². The number of nitrogens with one attached hydrogen (secondary N) is 1. The van der Waals surface area contributed by atoms with Gasteiger partial charge in [0.15, 0.2) is 5.82 Å². The van der Waals surface area contributed by atoms with Crippen molar-refractivity contribution in [2.75, 3.05) is 12.3 Å². The van der Waals surface area contributed by atoms with E-state index in [4.69, 9.17) is 10.8 Å². The fourth-order valence-electron chi connectivity index (χ4n) is 4.77. The van der Waals surface area contributed by atoms with Crippen molar-refractivity contribution < 1.29 is 4.39 Å². The maximum atomic E-state index is 14.3. The molecule has 0 saturated heterocycles. The van der Waals surface area contributed by atoms with Gasteiger partial charge >= 0.3 is 0 Å². The van der Waals surface area contributed by atoms with Crippen LogP contribution in [0.2, 0.25) is 0 Å². The molecule has 4 heterocycles. The molecule has 3 N–H and O–H groups in total. The number of rotatable bonds is 6. The third kappa shape index (κ3) is 4.22.